The van der Waals surface area contributed by atoms with Crippen LogP contribution in [0.1, 0.15) is 16.7 Å². The molecule has 0 aliphatic carbocycles. The van der Waals surface area contributed by atoms with E-state index in [2.05, 4.69) is 10.3 Å². The van der Waals surface area contributed by atoms with E-state index in [1.807, 2.05) is 6.07 Å². The molecule has 6 nitrogen and oxygen atoms in total. The number of carbonyl (C=O) groups is 2. The van der Waals surface area contributed by atoms with Crippen LogP contribution in [0.4, 0.5) is 18.0 Å². The summed E-state index contributed by atoms with van der Waals surface area (Å²) in [5.41, 5.74) is 0.660. The number of alkyl halides is 3. The molecular weight excluding hydrogens is 375 g/mol. The molecule has 1 atom stereocenters. The lowest BCUT2D eigenvalue weighted by atomic mass is 10.1. The van der Waals surface area contributed by atoms with Gasteiger partial charge < -0.3 is 10.1 Å². The molecule has 0 radical (unpaired) electrons. The maximum Gasteiger partial charge on any atom is 0.416 e. The Balaban J connectivity index is 1.58. The Morgan fingerprint density at radius 1 is 1.21 bits per heavy atom. The van der Waals surface area contributed by atoms with Gasteiger partial charge in [0.2, 0.25) is 5.91 Å². The number of nitrogens with one attached hydrogen (secondary N) is 1. The third-order valence-corrected chi connectivity index (χ3v) is 4.35. The molecular formula is C19H18F3N3O3. The normalized spacial score (nSPS) is 16.8. The minimum Gasteiger partial charge on any atom is -0.447 e. The van der Waals surface area contributed by atoms with E-state index < -0.39 is 23.9 Å². The maximum absolute atomic E-state index is 12.7. The summed E-state index contributed by atoms with van der Waals surface area (Å²) in [7, 11) is 0. The van der Waals surface area contributed by atoms with E-state index in [1.165, 1.54) is 17.0 Å². The van der Waals surface area contributed by atoms with Crippen molar-refractivity contribution in [3.8, 4) is 0 Å². The zero-order valence-corrected chi connectivity index (χ0v) is 14.8. The van der Waals surface area contributed by atoms with Gasteiger partial charge in [0.05, 0.1) is 12.1 Å². The van der Waals surface area contributed by atoms with Crippen molar-refractivity contribution in [2.75, 3.05) is 13.2 Å². The van der Waals surface area contributed by atoms with Crippen molar-refractivity contribution >= 4 is 12.0 Å². The fourth-order valence-electron chi connectivity index (χ4n) is 2.83. The second kappa shape index (κ2) is 8.28. The van der Waals surface area contributed by atoms with E-state index >= 15 is 0 Å². The van der Waals surface area contributed by atoms with Gasteiger partial charge in [-0.1, -0.05) is 18.2 Å². The number of pyridine rings is 1. The largest absolute Gasteiger partial charge is 0.447 e. The van der Waals surface area contributed by atoms with Crippen molar-refractivity contribution in [3.05, 3.63) is 65.5 Å². The van der Waals surface area contributed by atoms with E-state index in [0.717, 1.165) is 17.7 Å². The minimum absolute atomic E-state index is 0.0162. The predicted molar refractivity (Wildman–Crippen MR) is 93.1 cm³/mol. The first kappa shape index (κ1) is 19.7. The summed E-state index contributed by atoms with van der Waals surface area (Å²) in [4.78, 5) is 29.6. The number of aromatic nitrogens is 1. The van der Waals surface area contributed by atoms with Gasteiger partial charge in [0, 0.05) is 18.9 Å². The summed E-state index contributed by atoms with van der Waals surface area (Å²) in [6, 6.07) is 7.31. The number of amides is 2. The molecule has 0 unspecified atom stereocenters. The quantitative estimate of drug-likeness (QED) is 0.819. The minimum atomic E-state index is -4.43. The molecule has 3 rings (SSSR count). The van der Waals surface area contributed by atoms with Crippen LogP contribution in [0.25, 0.3) is 0 Å². The van der Waals surface area contributed by atoms with Gasteiger partial charge in [-0.2, -0.15) is 13.2 Å². The third-order valence-electron chi connectivity index (χ3n) is 4.35. The van der Waals surface area contributed by atoms with Crippen molar-refractivity contribution in [2.24, 2.45) is 0 Å². The number of benzene rings is 1. The summed E-state index contributed by atoms with van der Waals surface area (Å²) >= 11 is 0. The van der Waals surface area contributed by atoms with Gasteiger partial charge in [-0.15, -0.1) is 0 Å². The molecule has 2 amide bonds. The van der Waals surface area contributed by atoms with Gasteiger partial charge in [0.15, 0.2) is 0 Å². The average Bonchev–Trinajstić information content (AvgIpc) is 3.03. The molecule has 0 saturated carbocycles. The summed E-state index contributed by atoms with van der Waals surface area (Å²) in [6.07, 6.45) is -1.16. The summed E-state index contributed by atoms with van der Waals surface area (Å²) < 4.78 is 42.9. The summed E-state index contributed by atoms with van der Waals surface area (Å²) in [6.45, 7) is 0.249. The van der Waals surface area contributed by atoms with Crippen molar-refractivity contribution in [2.45, 2.75) is 25.2 Å². The van der Waals surface area contributed by atoms with Crippen LogP contribution in [-0.2, 0) is 28.7 Å². The Morgan fingerprint density at radius 2 is 1.96 bits per heavy atom. The van der Waals surface area contributed by atoms with E-state index in [-0.39, 0.29) is 19.1 Å². The number of rotatable bonds is 6. The van der Waals surface area contributed by atoms with E-state index in [9.17, 15) is 22.8 Å². The number of carbonyl (C=O) groups excluding carboxylic acids is 2. The van der Waals surface area contributed by atoms with Crippen LogP contribution in [0.5, 0.6) is 0 Å². The lowest BCUT2D eigenvalue weighted by Crippen LogP contribution is -2.45. The number of ether oxygens (including phenoxy) is 1. The zero-order chi connectivity index (χ0) is 20.1. The van der Waals surface area contributed by atoms with Crippen LogP contribution in [0.2, 0.25) is 0 Å². The summed E-state index contributed by atoms with van der Waals surface area (Å²) in [5.74, 6) is -0.373. The first-order valence-corrected chi connectivity index (χ1v) is 8.61. The summed E-state index contributed by atoms with van der Waals surface area (Å²) in [5, 5.41) is 2.75. The van der Waals surface area contributed by atoms with Crippen molar-refractivity contribution in [3.63, 3.8) is 0 Å². The molecule has 2 heterocycles. The van der Waals surface area contributed by atoms with E-state index in [4.69, 9.17) is 4.74 Å². The number of nitrogens with zero attached hydrogens (tertiary/aromatic N) is 2. The fraction of sp³-hybridized carbons (Fsp3) is 0.316. The van der Waals surface area contributed by atoms with E-state index in [1.54, 1.807) is 18.5 Å². The Bertz CT molecular complexity index is 826. The first-order chi connectivity index (χ1) is 13.3. The van der Waals surface area contributed by atoms with E-state index in [0.29, 0.717) is 18.5 Å². The molecule has 1 fully saturated rings. The van der Waals surface area contributed by atoms with Gasteiger partial charge >= 0.3 is 12.3 Å². The highest BCUT2D eigenvalue weighted by Gasteiger charge is 2.38. The van der Waals surface area contributed by atoms with Crippen LogP contribution < -0.4 is 5.32 Å². The molecule has 28 heavy (non-hydrogen) atoms. The smallest absolute Gasteiger partial charge is 0.416 e. The number of hydrogen-bond acceptors (Lipinski definition) is 4. The zero-order valence-electron chi connectivity index (χ0n) is 14.8. The van der Waals surface area contributed by atoms with Crippen molar-refractivity contribution < 1.29 is 27.5 Å². The van der Waals surface area contributed by atoms with Gasteiger partial charge in [0.25, 0.3) is 0 Å². The molecule has 1 aliphatic rings. The highest BCUT2D eigenvalue weighted by molar-refractivity contribution is 5.87. The predicted octanol–water partition coefficient (Wildman–Crippen LogP) is 2.78. The second-order valence-electron chi connectivity index (χ2n) is 6.32. The Hall–Kier alpha value is -3.10. The van der Waals surface area contributed by atoms with Crippen LogP contribution in [-0.4, -0.2) is 41.1 Å². The van der Waals surface area contributed by atoms with Crippen LogP contribution in [0.3, 0.4) is 0 Å². The third kappa shape index (κ3) is 4.79. The average molecular weight is 393 g/mol. The molecule has 0 spiro atoms. The molecule has 148 valence electrons. The molecule has 9 heteroatoms. The Morgan fingerprint density at radius 3 is 2.61 bits per heavy atom. The van der Waals surface area contributed by atoms with Crippen molar-refractivity contribution in [1.82, 2.24) is 15.2 Å². The highest BCUT2D eigenvalue weighted by atomic mass is 19.4. The number of hydrogen-bond donors (Lipinski definition) is 1. The molecule has 1 aliphatic heterocycles. The number of cyclic esters (lactones) is 1. The molecule has 1 aromatic heterocycles. The maximum atomic E-state index is 12.7. The van der Waals surface area contributed by atoms with Gasteiger partial charge in [-0.3, -0.25) is 14.7 Å². The van der Waals surface area contributed by atoms with Crippen molar-refractivity contribution in [1.29, 1.82) is 0 Å². The number of halogens is 3. The van der Waals surface area contributed by atoms with Gasteiger partial charge in [0.1, 0.15) is 12.6 Å². The van der Waals surface area contributed by atoms with Gasteiger partial charge in [-0.05, 0) is 35.7 Å². The Kier molecular flexibility index (Phi) is 5.81. The fourth-order valence-corrected chi connectivity index (χ4v) is 2.83. The molecule has 1 N–H and O–H groups in total. The van der Waals surface area contributed by atoms with Crippen LogP contribution in [0, 0.1) is 0 Å². The topological polar surface area (TPSA) is 71.5 Å². The lowest BCUT2D eigenvalue weighted by Gasteiger charge is -2.21. The second-order valence-corrected chi connectivity index (χ2v) is 6.32. The monoisotopic (exact) mass is 393 g/mol. The molecule has 0 bridgehead atoms. The first-order valence-electron chi connectivity index (χ1n) is 8.61. The standard InChI is InChI=1S/C19H18F3N3O3/c20-19(21,22)15-5-3-14(4-6-15)11-25-16(12-28-18(25)27)17(26)24-9-7-13-2-1-8-23-10-13/h1-6,8,10,16H,7,9,11-12H2,(H,24,26)/t16-/m0/s1. The highest BCUT2D eigenvalue weighted by Crippen LogP contribution is 2.29. The van der Waals surface area contributed by atoms with Crippen LogP contribution >= 0.6 is 0 Å². The lowest BCUT2D eigenvalue weighted by molar-refractivity contribution is -0.137. The Labute approximate surface area is 159 Å². The molecule has 2 aromatic rings. The SMILES string of the molecule is O=C(NCCc1cccnc1)[C@@H]1COC(=O)N1Cc1ccc(C(F)(F)F)cc1. The molecule has 1 saturated heterocycles. The van der Waals surface area contributed by atoms with Crippen LogP contribution in [0.15, 0.2) is 48.8 Å². The van der Waals surface area contributed by atoms with Gasteiger partial charge in [-0.25, -0.2) is 4.79 Å². The molecule has 1 aromatic carbocycles.